The molecule has 156 valence electrons. The highest BCUT2D eigenvalue weighted by Crippen LogP contribution is 2.55. The molecule has 4 rings (SSSR count). The standard InChI is InChI=1S/C28H44/c1-5-21-9-13-23(14-10-21)25-17-7-19(3)27-20(4)8-18-26(28(25)27)24-15-11-22(6-2)12-16-24/h5-6,19-26H,1-2,7-18H2,3-4H3. The normalized spacial score (nSPS) is 44.6. The highest BCUT2D eigenvalue weighted by molar-refractivity contribution is 5.30. The van der Waals surface area contributed by atoms with Gasteiger partial charge >= 0.3 is 0 Å². The summed E-state index contributed by atoms with van der Waals surface area (Å²) in [6.07, 6.45) is 21.7. The molecule has 2 fully saturated rings. The van der Waals surface area contributed by atoms with Crippen LogP contribution in [0.3, 0.4) is 0 Å². The minimum absolute atomic E-state index is 0.794. The van der Waals surface area contributed by atoms with E-state index in [2.05, 4.69) is 39.2 Å². The van der Waals surface area contributed by atoms with Gasteiger partial charge in [-0.3, -0.25) is 0 Å². The molecule has 0 heteroatoms. The topological polar surface area (TPSA) is 0 Å². The SMILES string of the molecule is C=CC1CCC(C2CCC(C)C3=C2C(C2CCC(C=C)CC2)CCC3C)CC1. The molecular weight excluding hydrogens is 336 g/mol. The maximum atomic E-state index is 4.08. The van der Waals surface area contributed by atoms with E-state index in [0.717, 1.165) is 47.3 Å². The van der Waals surface area contributed by atoms with E-state index in [9.17, 15) is 0 Å². The average molecular weight is 381 g/mol. The van der Waals surface area contributed by atoms with Crippen LogP contribution in [0.2, 0.25) is 0 Å². The van der Waals surface area contributed by atoms with Crippen molar-refractivity contribution in [1.29, 1.82) is 0 Å². The van der Waals surface area contributed by atoms with E-state index >= 15 is 0 Å². The van der Waals surface area contributed by atoms with Crippen LogP contribution >= 0.6 is 0 Å². The summed E-state index contributed by atoms with van der Waals surface area (Å²) in [7, 11) is 0. The number of hydrogen-bond acceptors (Lipinski definition) is 0. The fourth-order valence-corrected chi connectivity index (χ4v) is 7.78. The first kappa shape index (κ1) is 20.5. The lowest BCUT2D eigenvalue weighted by molar-refractivity contribution is 0.153. The molecule has 0 saturated heterocycles. The molecule has 0 nitrogen and oxygen atoms in total. The molecule has 0 N–H and O–H groups in total. The molecule has 4 aliphatic carbocycles. The zero-order chi connectivity index (χ0) is 19.7. The summed E-state index contributed by atoms with van der Waals surface area (Å²) in [4.78, 5) is 0. The zero-order valence-corrected chi connectivity index (χ0v) is 18.7. The van der Waals surface area contributed by atoms with Crippen molar-refractivity contribution < 1.29 is 0 Å². The van der Waals surface area contributed by atoms with Crippen LogP contribution < -0.4 is 0 Å². The molecule has 0 bridgehead atoms. The fourth-order valence-electron chi connectivity index (χ4n) is 7.78. The molecule has 4 aliphatic rings. The van der Waals surface area contributed by atoms with Crippen molar-refractivity contribution in [2.75, 3.05) is 0 Å². The molecular formula is C28H44. The second-order valence-corrected chi connectivity index (χ2v) is 10.9. The molecule has 28 heavy (non-hydrogen) atoms. The van der Waals surface area contributed by atoms with Crippen LogP contribution in [-0.2, 0) is 0 Å². The predicted octanol–water partition coefficient (Wildman–Crippen LogP) is 8.36. The average Bonchev–Trinajstić information content (AvgIpc) is 2.74. The summed E-state index contributed by atoms with van der Waals surface area (Å²) in [5.74, 6) is 7.04. The molecule has 2 saturated carbocycles. The number of hydrogen-bond donors (Lipinski definition) is 0. The third-order valence-electron chi connectivity index (χ3n) is 9.45. The minimum Gasteiger partial charge on any atom is -0.103 e. The number of rotatable bonds is 4. The Kier molecular flexibility index (Phi) is 6.53. The lowest BCUT2D eigenvalue weighted by Gasteiger charge is -2.49. The van der Waals surface area contributed by atoms with Crippen molar-refractivity contribution >= 4 is 0 Å². The van der Waals surface area contributed by atoms with Crippen molar-refractivity contribution in [2.24, 2.45) is 47.3 Å². The van der Waals surface area contributed by atoms with Crippen LogP contribution in [0.15, 0.2) is 36.5 Å². The molecule has 4 atom stereocenters. The summed E-state index contributed by atoms with van der Waals surface area (Å²) < 4.78 is 0. The highest BCUT2D eigenvalue weighted by atomic mass is 14.5. The first-order valence-corrected chi connectivity index (χ1v) is 12.6. The molecule has 0 aliphatic heterocycles. The van der Waals surface area contributed by atoms with Gasteiger partial charge in [-0.25, -0.2) is 0 Å². The van der Waals surface area contributed by atoms with Gasteiger partial charge in [-0.2, -0.15) is 0 Å². The van der Waals surface area contributed by atoms with Crippen LogP contribution in [0.1, 0.15) is 90.9 Å². The van der Waals surface area contributed by atoms with Crippen LogP contribution in [-0.4, -0.2) is 0 Å². The fraction of sp³-hybridized carbons (Fsp3) is 0.786. The molecule has 4 unspecified atom stereocenters. The maximum Gasteiger partial charge on any atom is -0.0169 e. The molecule has 0 amide bonds. The molecule has 0 aromatic rings. The van der Waals surface area contributed by atoms with Gasteiger partial charge in [-0.15, -0.1) is 13.2 Å². The van der Waals surface area contributed by atoms with Gasteiger partial charge in [0.25, 0.3) is 0 Å². The summed E-state index contributed by atoms with van der Waals surface area (Å²) in [5, 5.41) is 0. The Labute approximate surface area is 175 Å². The molecule has 0 aromatic heterocycles. The Morgan fingerprint density at radius 1 is 0.536 bits per heavy atom. The van der Waals surface area contributed by atoms with E-state index in [1.54, 1.807) is 0 Å². The molecule has 0 aromatic carbocycles. The Hall–Kier alpha value is -0.780. The Morgan fingerprint density at radius 2 is 0.929 bits per heavy atom. The lowest BCUT2D eigenvalue weighted by atomic mass is 9.56. The summed E-state index contributed by atoms with van der Waals surface area (Å²) in [6.45, 7) is 13.3. The highest BCUT2D eigenvalue weighted by Gasteiger charge is 2.43. The predicted molar refractivity (Wildman–Crippen MR) is 122 cm³/mol. The molecule has 0 spiro atoms. The van der Waals surface area contributed by atoms with Crippen LogP contribution in [0.25, 0.3) is 0 Å². The Bertz CT molecular complexity index is 529. The Balaban J connectivity index is 1.59. The number of allylic oxidation sites excluding steroid dienone is 4. The second kappa shape index (κ2) is 8.93. The molecule has 0 radical (unpaired) electrons. The smallest absolute Gasteiger partial charge is 0.0169 e. The third-order valence-corrected chi connectivity index (χ3v) is 9.45. The van der Waals surface area contributed by atoms with Gasteiger partial charge in [0.1, 0.15) is 0 Å². The largest absolute Gasteiger partial charge is 0.103 e. The summed E-state index contributed by atoms with van der Waals surface area (Å²) in [6, 6.07) is 0. The minimum atomic E-state index is 0.794. The van der Waals surface area contributed by atoms with Gasteiger partial charge in [0.15, 0.2) is 0 Å². The second-order valence-electron chi connectivity index (χ2n) is 10.9. The van der Waals surface area contributed by atoms with E-state index in [1.807, 2.05) is 11.1 Å². The van der Waals surface area contributed by atoms with E-state index in [1.165, 1.54) is 77.0 Å². The monoisotopic (exact) mass is 380 g/mol. The third kappa shape index (κ3) is 3.95. The lowest BCUT2D eigenvalue weighted by Crippen LogP contribution is -2.38. The quantitative estimate of drug-likeness (QED) is 0.430. The summed E-state index contributed by atoms with van der Waals surface area (Å²) >= 11 is 0. The van der Waals surface area contributed by atoms with Gasteiger partial charge < -0.3 is 0 Å². The maximum absolute atomic E-state index is 4.08. The van der Waals surface area contributed by atoms with E-state index in [0.29, 0.717) is 0 Å². The van der Waals surface area contributed by atoms with Gasteiger partial charge in [0.05, 0.1) is 0 Å². The van der Waals surface area contributed by atoms with Crippen LogP contribution in [0.5, 0.6) is 0 Å². The van der Waals surface area contributed by atoms with Gasteiger partial charge in [0, 0.05) is 0 Å². The zero-order valence-electron chi connectivity index (χ0n) is 18.7. The van der Waals surface area contributed by atoms with Crippen molar-refractivity contribution in [3.8, 4) is 0 Å². The van der Waals surface area contributed by atoms with Gasteiger partial charge in [0.2, 0.25) is 0 Å². The molecule has 0 heterocycles. The first-order valence-electron chi connectivity index (χ1n) is 12.6. The summed E-state index contributed by atoms with van der Waals surface area (Å²) in [5.41, 5.74) is 3.98. The first-order chi connectivity index (χ1) is 13.6. The van der Waals surface area contributed by atoms with Crippen molar-refractivity contribution in [2.45, 2.75) is 90.9 Å². The van der Waals surface area contributed by atoms with Crippen molar-refractivity contribution in [1.82, 2.24) is 0 Å². The van der Waals surface area contributed by atoms with E-state index < -0.39 is 0 Å². The van der Waals surface area contributed by atoms with Crippen molar-refractivity contribution in [3.63, 3.8) is 0 Å². The van der Waals surface area contributed by atoms with Crippen LogP contribution in [0.4, 0.5) is 0 Å². The van der Waals surface area contributed by atoms with Gasteiger partial charge in [-0.1, -0.05) is 37.1 Å². The van der Waals surface area contributed by atoms with E-state index in [-0.39, 0.29) is 0 Å². The van der Waals surface area contributed by atoms with E-state index in [4.69, 9.17) is 0 Å². The Morgan fingerprint density at radius 3 is 1.29 bits per heavy atom. The van der Waals surface area contributed by atoms with Crippen molar-refractivity contribution in [3.05, 3.63) is 36.5 Å². The van der Waals surface area contributed by atoms with Crippen LogP contribution in [0, 0.1) is 47.3 Å². The van der Waals surface area contributed by atoms with Gasteiger partial charge in [-0.05, 0) is 124 Å².